The first kappa shape index (κ1) is 12.2. The van der Waals surface area contributed by atoms with Crippen molar-refractivity contribution in [1.29, 1.82) is 0 Å². The lowest BCUT2D eigenvalue weighted by atomic mass is 9.79. The van der Waals surface area contributed by atoms with Crippen LogP contribution in [0.2, 0.25) is 0 Å². The summed E-state index contributed by atoms with van der Waals surface area (Å²) in [6.45, 7) is 3.50. The maximum atomic E-state index is 12.9. The molecule has 3 heteroatoms. The third-order valence-electron chi connectivity index (χ3n) is 3.38. The molecule has 0 aromatic heterocycles. The smallest absolute Gasteiger partial charge is 0.166 e. The Labute approximate surface area is 99.2 Å². The second kappa shape index (κ2) is 4.55. The molecule has 0 heterocycles. The van der Waals surface area contributed by atoms with E-state index in [2.05, 4.69) is 6.58 Å². The van der Waals surface area contributed by atoms with Crippen molar-refractivity contribution in [2.75, 3.05) is 0 Å². The number of hydrogen-bond donors (Lipinski definition) is 0. The Hall–Kier alpha value is -1.25. The minimum Gasteiger partial charge on any atom is -0.166 e. The maximum Gasteiger partial charge on any atom is 0.416 e. The van der Waals surface area contributed by atoms with E-state index in [-0.39, 0.29) is 6.42 Å². The molecule has 1 saturated carbocycles. The highest BCUT2D eigenvalue weighted by Crippen LogP contribution is 2.40. The number of alkyl halides is 3. The first-order chi connectivity index (χ1) is 8.02. The molecule has 1 aliphatic rings. The maximum absolute atomic E-state index is 12.9. The van der Waals surface area contributed by atoms with Gasteiger partial charge in [-0.15, -0.1) is 6.58 Å². The summed E-state index contributed by atoms with van der Waals surface area (Å²) in [4.78, 5) is 0. The Morgan fingerprint density at radius 3 is 2.47 bits per heavy atom. The zero-order valence-electron chi connectivity index (χ0n) is 9.56. The Morgan fingerprint density at radius 1 is 1.29 bits per heavy atom. The standard InChI is InChI=1S/C14H15F3/c1-2-4-11-7-8-12(10-5-3-6-10)9-13(11)14(15,16)17/h2,7-10H,1,3-6H2. The molecule has 0 saturated heterocycles. The van der Waals surface area contributed by atoms with Gasteiger partial charge in [0.1, 0.15) is 0 Å². The van der Waals surface area contributed by atoms with Crippen molar-refractivity contribution in [1.82, 2.24) is 0 Å². The average molecular weight is 240 g/mol. The molecule has 0 nitrogen and oxygen atoms in total. The second-order valence-electron chi connectivity index (χ2n) is 4.53. The molecule has 0 bridgehead atoms. The number of hydrogen-bond acceptors (Lipinski definition) is 0. The Balaban J connectivity index is 2.38. The third-order valence-corrected chi connectivity index (χ3v) is 3.38. The van der Waals surface area contributed by atoms with Gasteiger partial charge in [0.25, 0.3) is 0 Å². The van der Waals surface area contributed by atoms with Gasteiger partial charge >= 0.3 is 6.18 Å². The summed E-state index contributed by atoms with van der Waals surface area (Å²) in [5.74, 6) is 0.328. The number of allylic oxidation sites excluding steroid dienone is 1. The number of rotatable bonds is 3. The van der Waals surface area contributed by atoms with E-state index in [1.54, 1.807) is 6.07 Å². The van der Waals surface area contributed by atoms with Gasteiger partial charge in [0.2, 0.25) is 0 Å². The predicted molar refractivity (Wildman–Crippen MR) is 61.9 cm³/mol. The minimum absolute atomic E-state index is 0.264. The molecule has 0 unspecified atom stereocenters. The van der Waals surface area contributed by atoms with Crippen LogP contribution in [0, 0.1) is 0 Å². The predicted octanol–water partition coefficient (Wildman–Crippen LogP) is 4.70. The highest BCUT2D eigenvalue weighted by molar-refractivity contribution is 5.37. The van der Waals surface area contributed by atoms with E-state index in [9.17, 15) is 13.2 Å². The zero-order chi connectivity index (χ0) is 12.5. The van der Waals surface area contributed by atoms with Gasteiger partial charge < -0.3 is 0 Å². The van der Waals surface area contributed by atoms with E-state index in [1.807, 2.05) is 6.07 Å². The lowest BCUT2D eigenvalue weighted by Gasteiger charge is -2.27. The van der Waals surface area contributed by atoms with Gasteiger partial charge in [-0.3, -0.25) is 0 Å². The molecule has 1 aromatic carbocycles. The van der Waals surface area contributed by atoms with Crippen molar-refractivity contribution in [3.8, 4) is 0 Å². The largest absolute Gasteiger partial charge is 0.416 e. The van der Waals surface area contributed by atoms with E-state index in [0.717, 1.165) is 24.8 Å². The topological polar surface area (TPSA) is 0 Å². The van der Waals surface area contributed by atoms with Crippen LogP contribution in [0.1, 0.15) is 41.9 Å². The molecule has 0 radical (unpaired) electrons. The summed E-state index contributed by atoms with van der Waals surface area (Å²) in [6.07, 6.45) is 0.655. The van der Waals surface area contributed by atoms with Gasteiger partial charge in [0.15, 0.2) is 0 Å². The Kier molecular flexibility index (Phi) is 3.27. The molecular weight excluding hydrogens is 225 g/mol. The van der Waals surface area contributed by atoms with Crippen molar-refractivity contribution in [2.45, 2.75) is 37.8 Å². The van der Waals surface area contributed by atoms with Crippen LogP contribution in [0.25, 0.3) is 0 Å². The van der Waals surface area contributed by atoms with E-state index >= 15 is 0 Å². The molecule has 1 aliphatic carbocycles. The van der Waals surface area contributed by atoms with Crippen molar-refractivity contribution in [2.24, 2.45) is 0 Å². The molecule has 1 aromatic rings. The summed E-state index contributed by atoms with van der Waals surface area (Å²) >= 11 is 0. The van der Waals surface area contributed by atoms with Crippen molar-refractivity contribution >= 4 is 0 Å². The molecule has 17 heavy (non-hydrogen) atoms. The average Bonchev–Trinajstić information content (AvgIpc) is 2.16. The molecule has 0 spiro atoms. The van der Waals surface area contributed by atoms with Gasteiger partial charge in [-0.05, 0) is 42.4 Å². The fourth-order valence-electron chi connectivity index (χ4n) is 2.19. The molecule has 0 aliphatic heterocycles. The van der Waals surface area contributed by atoms with Crippen LogP contribution in [-0.2, 0) is 12.6 Å². The SMILES string of the molecule is C=CCc1ccc(C2CCC2)cc1C(F)(F)F. The monoisotopic (exact) mass is 240 g/mol. The highest BCUT2D eigenvalue weighted by Gasteiger charge is 2.34. The van der Waals surface area contributed by atoms with Crippen LogP contribution >= 0.6 is 0 Å². The van der Waals surface area contributed by atoms with Crippen molar-refractivity contribution in [3.63, 3.8) is 0 Å². The van der Waals surface area contributed by atoms with Gasteiger partial charge in [0.05, 0.1) is 5.56 Å². The van der Waals surface area contributed by atoms with Crippen LogP contribution in [0.5, 0.6) is 0 Å². The zero-order valence-corrected chi connectivity index (χ0v) is 9.56. The first-order valence-electron chi connectivity index (χ1n) is 5.83. The second-order valence-corrected chi connectivity index (χ2v) is 4.53. The molecule has 1 fully saturated rings. The molecule has 0 amide bonds. The van der Waals surface area contributed by atoms with Gasteiger partial charge in [0, 0.05) is 0 Å². The first-order valence-corrected chi connectivity index (χ1v) is 5.83. The lowest BCUT2D eigenvalue weighted by Crippen LogP contribution is -2.13. The fraction of sp³-hybridized carbons (Fsp3) is 0.429. The fourth-order valence-corrected chi connectivity index (χ4v) is 2.19. The highest BCUT2D eigenvalue weighted by atomic mass is 19.4. The van der Waals surface area contributed by atoms with E-state index < -0.39 is 11.7 Å². The third kappa shape index (κ3) is 2.54. The summed E-state index contributed by atoms with van der Waals surface area (Å²) in [5, 5.41) is 0. The normalized spacial score (nSPS) is 16.6. The van der Waals surface area contributed by atoms with Crippen molar-refractivity contribution < 1.29 is 13.2 Å². The Morgan fingerprint density at radius 2 is 2.00 bits per heavy atom. The van der Waals surface area contributed by atoms with Crippen LogP contribution in [0.4, 0.5) is 13.2 Å². The van der Waals surface area contributed by atoms with E-state index in [1.165, 1.54) is 12.1 Å². The van der Waals surface area contributed by atoms with Crippen LogP contribution < -0.4 is 0 Å². The van der Waals surface area contributed by atoms with Crippen LogP contribution in [0.3, 0.4) is 0 Å². The number of benzene rings is 1. The summed E-state index contributed by atoms with van der Waals surface area (Å²) in [5.41, 5.74) is 0.647. The van der Waals surface area contributed by atoms with E-state index in [4.69, 9.17) is 0 Å². The van der Waals surface area contributed by atoms with Gasteiger partial charge in [-0.25, -0.2) is 0 Å². The van der Waals surface area contributed by atoms with E-state index in [0.29, 0.717) is 11.5 Å². The molecule has 0 atom stereocenters. The molecule has 92 valence electrons. The van der Waals surface area contributed by atoms with Gasteiger partial charge in [-0.2, -0.15) is 13.2 Å². The summed E-state index contributed by atoms with van der Waals surface area (Å²) in [6, 6.07) is 4.75. The van der Waals surface area contributed by atoms with Crippen LogP contribution in [0.15, 0.2) is 30.9 Å². The molecular formula is C14H15F3. The van der Waals surface area contributed by atoms with Crippen molar-refractivity contribution in [3.05, 3.63) is 47.5 Å². The summed E-state index contributed by atoms with van der Waals surface area (Å²) < 4.78 is 38.7. The molecule has 2 rings (SSSR count). The van der Waals surface area contributed by atoms with Crippen LogP contribution in [-0.4, -0.2) is 0 Å². The number of halogens is 3. The summed E-state index contributed by atoms with van der Waals surface area (Å²) in [7, 11) is 0. The quantitative estimate of drug-likeness (QED) is 0.672. The minimum atomic E-state index is -4.27. The van der Waals surface area contributed by atoms with Gasteiger partial charge in [-0.1, -0.05) is 24.6 Å². The lowest BCUT2D eigenvalue weighted by molar-refractivity contribution is -0.138. The molecule has 0 N–H and O–H groups in total. The Bertz CT molecular complexity index is 414.